The lowest BCUT2D eigenvalue weighted by atomic mass is 9.66. The van der Waals surface area contributed by atoms with Gasteiger partial charge in [-0.1, -0.05) is 155 Å². The van der Waals surface area contributed by atoms with E-state index in [1.54, 1.807) is 0 Å². The number of rotatable bonds is 38. The van der Waals surface area contributed by atoms with Crippen LogP contribution in [0.4, 0.5) is 0 Å². The summed E-state index contributed by atoms with van der Waals surface area (Å²) < 4.78 is 9.90. The lowest BCUT2D eigenvalue weighted by molar-refractivity contribution is -0.172. The molecule has 0 amide bonds. The molecule has 0 heterocycles. The standard InChI is InChI=1S/C27H46O8.C21H42O3/c1-5-6-7-12-15-23(32)16-13-10-8-9-11-14-17-25(20(2)29)27(21(3)30,22(4)31)26(34)35-19-24(33)18-28;1-19(2)17-15-13-11-9-7-5-4-6-8-10-12-14-16-18-24-21(23)20(3)22/h10,13,23-25,28,32-33H,5-9,11-12,14-19H2,1-4H3;19-20,22H,4-18H2,1-3H3/b13-10-;/t23-,24?,25?;/m1./s1. The van der Waals surface area contributed by atoms with Crippen molar-refractivity contribution in [2.24, 2.45) is 17.3 Å². The van der Waals surface area contributed by atoms with Crippen LogP contribution in [0.2, 0.25) is 0 Å². The Balaban J connectivity index is 0. The van der Waals surface area contributed by atoms with Crippen molar-refractivity contribution in [1.29, 1.82) is 0 Å². The maximum absolute atomic E-state index is 12.8. The lowest BCUT2D eigenvalue weighted by Gasteiger charge is -2.33. The van der Waals surface area contributed by atoms with Crippen molar-refractivity contribution in [2.75, 3.05) is 19.8 Å². The van der Waals surface area contributed by atoms with E-state index in [-0.39, 0.29) is 12.5 Å². The average molecular weight is 841 g/mol. The van der Waals surface area contributed by atoms with E-state index in [9.17, 15) is 34.2 Å². The van der Waals surface area contributed by atoms with Crippen molar-refractivity contribution in [2.45, 2.75) is 227 Å². The Morgan fingerprint density at radius 2 is 1.05 bits per heavy atom. The first-order valence-electron chi connectivity index (χ1n) is 23.3. The Labute approximate surface area is 358 Å². The van der Waals surface area contributed by atoms with Crippen LogP contribution >= 0.6 is 0 Å². The first-order valence-corrected chi connectivity index (χ1v) is 23.3. The minimum absolute atomic E-state index is 0.173. The van der Waals surface area contributed by atoms with Gasteiger partial charge in [-0.25, -0.2) is 4.79 Å². The molecule has 0 aliphatic carbocycles. The van der Waals surface area contributed by atoms with Crippen LogP contribution in [-0.4, -0.2) is 87.8 Å². The molecule has 0 rings (SSSR count). The van der Waals surface area contributed by atoms with Crippen molar-refractivity contribution in [3.05, 3.63) is 12.2 Å². The van der Waals surface area contributed by atoms with E-state index in [1.807, 2.05) is 12.2 Å². The molecule has 4 atom stereocenters. The van der Waals surface area contributed by atoms with Crippen LogP contribution in [0.1, 0.15) is 209 Å². The normalized spacial score (nSPS) is 13.7. The van der Waals surface area contributed by atoms with Crippen LogP contribution < -0.4 is 0 Å². The lowest BCUT2D eigenvalue weighted by Crippen LogP contribution is -2.53. The first-order chi connectivity index (χ1) is 28.1. The molecule has 0 aromatic carbocycles. The van der Waals surface area contributed by atoms with Crippen LogP contribution in [0, 0.1) is 17.3 Å². The molecule has 0 aliphatic rings. The molecule has 0 bridgehead atoms. The van der Waals surface area contributed by atoms with Gasteiger partial charge in [0.25, 0.3) is 0 Å². The van der Waals surface area contributed by atoms with E-state index >= 15 is 0 Å². The van der Waals surface area contributed by atoms with Gasteiger partial charge in [0.2, 0.25) is 0 Å². The molecule has 0 aromatic rings. The number of Topliss-reactive ketones (excluding diaryl/α,β-unsaturated/α-hetero) is 3. The van der Waals surface area contributed by atoms with E-state index < -0.39 is 66.0 Å². The number of esters is 2. The molecule has 4 N–H and O–H groups in total. The molecular formula is C48H88O11. The van der Waals surface area contributed by atoms with Gasteiger partial charge in [0.1, 0.15) is 24.6 Å². The largest absolute Gasteiger partial charge is 0.464 e. The molecule has 11 heteroatoms. The quantitative estimate of drug-likeness (QED) is 0.0201. The second kappa shape index (κ2) is 38.5. The van der Waals surface area contributed by atoms with Crippen molar-refractivity contribution in [3.63, 3.8) is 0 Å². The minimum atomic E-state index is -2.26. The summed E-state index contributed by atoms with van der Waals surface area (Å²) >= 11 is 0. The number of hydrogen-bond donors (Lipinski definition) is 4. The van der Waals surface area contributed by atoms with Crippen molar-refractivity contribution >= 4 is 29.3 Å². The SMILES string of the molecule is CC(C)CCCCCCCCCCCCCCCOC(=O)C(C)O.CCCCCC[C@@H](O)C/C=C\CCCCCC(C(C)=O)C(C(C)=O)(C(C)=O)C(=O)OCC(O)CO. The van der Waals surface area contributed by atoms with E-state index in [0.29, 0.717) is 19.4 Å². The van der Waals surface area contributed by atoms with E-state index in [0.717, 1.165) is 71.1 Å². The summed E-state index contributed by atoms with van der Waals surface area (Å²) in [5.74, 6) is -3.96. The first kappa shape index (κ1) is 58.6. The molecule has 3 unspecified atom stereocenters. The third-order valence-electron chi connectivity index (χ3n) is 10.9. The van der Waals surface area contributed by atoms with Gasteiger partial charge in [-0.2, -0.15) is 0 Å². The summed E-state index contributed by atoms with van der Waals surface area (Å²) in [6, 6.07) is 0. The van der Waals surface area contributed by atoms with Gasteiger partial charge in [-0.3, -0.25) is 19.2 Å². The van der Waals surface area contributed by atoms with Crippen molar-refractivity contribution in [3.8, 4) is 0 Å². The Hall–Kier alpha value is -2.47. The number of carbonyl (C=O) groups is 5. The molecule has 0 aromatic heterocycles. The highest BCUT2D eigenvalue weighted by Gasteiger charge is 2.57. The van der Waals surface area contributed by atoms with Gasteiger partial charge >= 0.3 is 11.9 Å². The Morgan fingerprint density at radius 3 is 1.53 bits per heavy atom. The highest BCUT2D eigenvalue weighted by atomic mass is 16.6. The number of aliphatic hydroxyl groups is 4. The molecule has 0 spiro atoms. The van der Waals surface area contributed by atoms with E-state index in [2.05, 4.69) is 20.8 Å². The number of ketones is 3. The van der Waals surface area contributed by atoms with Gasteiger partial charge in [-0.15, -0.1) is 0 Å². The molecule has 346 valence electrons. The molecule has 0 aliphatic heterocycles. The summed E-state index contributed by atoms with van der Waals surface area (Å²) in [7, 11) is 0. The van der Waals surface area contributed by atoms with Crippen LogP contribution in [0.3, 0.4) is 0 Å². The zero-order chi connectivity index (χ0) is 44.9. The van der Waals surface area contributed by atoms with Gasteiger partial charge in [-0.05, 0) is 72.1 Å². The van der Waals surface area contributed by atoms with Gasteiger partial charge in [0.15, 0.2) is 17.0 Å². The predicted molar refractivity (Wildman–Crippen MR) is 236 cm³/mol. The summed E-state index contributed by atoms with van der Waals surface area (Å²) in [6.45, 7) is 10.9. The fourth-order valence-corrected chi connectivity index (χ4v) is 7.21. The van der Waals surface area contributed by atoms with Crippen molar-refractivity contribution in [1.82, 2.24) is 0 Å². The second-order valence-electron chi connectivity index (χ2n) is 17.0. The zero-order valence-corrected chi connectivity index (χ0v) is 38.5. The van der Waals surface area contributed by atoms with Crippen molar-refractivity contribution < 1.29 is 53.9 Å². The number of ether oxygens (including phenoxy) is 2. The van der Waals surface area contributed by atoms with Gasteiger partial charge < -0.3 is 29.9 Å². The highest BCUT2D eigenvalue weighted by molar-refractivity contribution is 6.23. The Morgan fingerprint density at radius 1 is 0.576 bits per heavy atom. The molecule has 0 fully saturated rings. The molecule has 11 nitrogen and oxygen atoms in total. The minimum Gasteiger partial charge on any atom is -0.464 e. The predicted octanol–water partition coefficient (Wildman–Crippen LogP) is 9.51. The highest BCUT2D eigenvalue weighted by Crippen LogP contribution is 2.37. The molecular weight excluding hydrogens is 753 g/mol. The topological polar surface area (TPSA) is 185 Å². The average Bonchev–Trinajstić information content (AvgIpc) is 3.18. The fraction of sp³-hybridized carbons (Fsp3) is 0.854. The number of unbranched alkanes of at least 4 members (excludes halogenated alkanes) is 18. The maximum Gasteiger partial charge on any atom is 0.334 e. The molecule has 0 radical (unpaired) electrons. The number of aliphatic hydroxyl groups excluding tert-OH is 4. The fourth-order valence-electron chi connectivity index (χ4n) is 7.21. The maximum atomic E-state index is 12.8. The smallest absolute Gasteiger partial charge is 0.334 e. The van der Waals surface area contributed by atoms with Gasteiger partial charge in [0, 0.05) is 5.92 Å². The Kier molecular flexibility index (Phi) is 38.2. The number of carbonyl (C=O) groups excluding carboxylic acids is 5. The van der Waals surface area contributed by atoms with Crippen LogP contribution in [0.5, 0.6) is 0 Å². The third-order valence-corrected chi connectivity index (χ3v) is 10.9. The summed E-state index contributed by atoms with van der Waals surface area (Å²) in [5, 5.41) is 37.4. The summed E-state index contributed by atoms with van der Waals surface area (Å²) in [6.07, 6.45) is 28.9. The van der Waals surface area contributed by atoms with Crippen LogP contribution in [-0.2, 0) is 33.4 Å². The third kappa shape index (κ3) is 30.2. The molecule has 0 saturated carbocycles. The Bertz CT molecular complexity index is 1100. The van der Waals surface area contributed by atoms with Gasteiger partial charge in [0.05, 0.1) is 19.3 Å². The van der Waals surface area contributed by atoms with Crippen LogP contribution in [0.25, 0.3) is 0 Å². The zero-order valence-electron chi connectivity index (χ0n) is 38.5. The molecule has 0 saturated heterocycles. The summed E-state index contributed by atoms with van der Waals surface area (Å²) in [5.41, 5.74) is -2.26. The number of hydrogen-bond acceptors (Lipinski definition) is 11. The van der Waals surface area contributed by atoms with Crippen LogP contribution in [0.15, 0.2) is 12.2 Å². The second-order valence-corrected chi connectivity index (χ2v) is 17.0. The monoisotopic (exact) mass is 841 g/mol. The number of allylic oxidation sites excluding steroid dienone is 1. The van der Waals surface area contributed by atoms with E-state index in [4.69, 9.17) is 19.7 Å². The molecule has 59 heavy (non-hydrogen) atoms. The summed E-state index contributed by atoms with van der Waals surface area (Å²) in [4.78, 5) is 61.4. The van der Waals surface area contributed by atoms with E-state index in [1.165, 1.54) is 104 Å².